The molecular formula is C97H104N20O13. The van der Waals surface area contributed by atoms with Crippen molar-refractivity contribution >= 4 is 136 Å². The molecule has 0 saturated heterocycles. The third kappa shape index (κ3) is 17.2. The molecule has 0 unspecified atom stereocenters. The Morgan fingerprint density at radius 3 is 1.22 bits per heavy atom. The number of nitrogens with two attached hydrogens (primary N) is 3. The number of aromatic nitrogens is 12. The number of nitro benzene ring substituents is 2. The molecule has 9 aliphatic carbocycles. The van der Waals surface area contributed by atoms with Gasteiger partial charge in [-0.1, -0.05) is 30.3 Å². The smallest absolute Gasteiger partial charge is 0.296 e. The van der Waals surface area contributed by atoms with Gasteiger partial charge in [0.2, 0.25) is 0 Å². The summed E-state index contributed by atoms with van der Waals surface area (Å²) in [4.78, 5) is 126. The van der Waals surface area contributed by atoms with E-state index in [0.29, 0.717) is 121 Å². The fraction of sp³-hybridized carbons (Fsp3) is 0.351. The second-order valence-corrected chi connectivity index (χ2v) is 34.1. The van der Waals surface area contributed by atoms with Crippen molar-refractivity contribution in [2.45, 2.75) is 206 Å². The Labute approximate surface area is 748 Å². The zero-order valence-electron chi connectivity index (χ0n) is 75.9. The van der Waals surface area contributed by atoms with Crippen LogP contribution in [0.2, 0.25) is 0 Å². The summed E-state index contributed by atoms with van der Waals surface area (Å²) in [7, 11) is 5.56. The summed E-state index contributed by atoms with van der Waals surface area (Å²) in [5.41, 5.74) is 63.8. The number of anilines is 5. The van der Waals surface area contributed by atoms with Gasteiger partial charge in [-0.25, -0.2) is 9.36 Å². The second kappa shape index (κ2) is 37.0. The lowest BCUT2D eigenvalue weighted by atomic mass is 9.99. The van der Waals surface area contributed by atoms with Crippen molar-refractivity contribution in [3.05, 3.63) is 242 Å². The first-order chi connectivity index (χ1) is 61.9. The van der Waals surface area contributed by atoms with Crippen LogP contribution >= 0.6 is 0 Å². The molecule has 10 N–H and O–H groups in total. The number of nitrogen functional groups attached to an aromatic ring is 3. The van der Waals surface area contributed by atoms with Gasteiger partial charge < -0.3 is 28.1 Å². The average Bonchev–Trinajstić information content (AvgIpc) is 1.61. The zero-order chi connectivity index (χ0) is 93.8. The minimum Gasteiger partial charge on any atom is -0.397 e. The van der Waals surface area contributed by atoms with Crippen LogP contribution in [-0.4, -0.2) is 122 Å². The van der Waals surface area contributed by atoms with E-state index in [2.05, 4.69) is 82.5 Å². The molecule has 5 heterocycles. The van der Waals surface area contributed by atoms with Gasteiger partial charge in [0, 0.05) is 146 Å². The van der Waals surface area contributed by atoms with Crippen LogP contribution in [0.1, 0.15) is 276 Å². The number of nitrogens with zero attached hydrogens (tertiary/aromatic N) is 13. The van der Waals surface area contributed by atoms with Gasteiger partial charge in [-0.05, 0) is 283 Å². The van der Waals surface area contributed by atoms with E-state index in [1.54, 1.807) is 47.1 Å². The molecule has 33 heteroatoms. The van der Waals surface area contributed by atoms with Crippen LogP contribution in [0.5, 0.6) is 0 Å². The summed E-state index contributed by atoms with van der Waals surface area (Å²) in [6.07, 6.45) is 11.9. The summed E-state index contributed by atoms with van der Waals surface area (Å²) >= 11 is 0. The molecule has 9 aromatic carbocycles. The lowest BCUT2D eigenvalue weighted by molar-refractivity contribution is -0.386. The monoisotopic (exact) mass is 1760 g/mol. The molecule has 4 aromatic heterocycles. The number of aromatic amines is 1. The molecule has 0 radical (unpaired) electrons. The average molecular weight is 1760 g/mol. The summed E-state index contributed by atoms with van der Waals surface area (Å²) in [5.74, 6) is 1.70. The van der Waals surface area contributed by atoms with Crippen molar-refractivity contribution in [1.29, 1.82) is 0 Å². The number of rotatable bonds is 2. The van der Waals surface area contributed by atoms with Crippen molar-refractivity contribution in [2.24, 2.45) is 21.1 Å². The highest BCUT2D eigenvalue weighted by molar-refractivity contribution is 6.10. The molecule has 0 amide bonds. The fourth-order valence-corrected chi connectivity index (χ4v) is 18.8. The van der Waals surface area contributed by atoms with Gasteiger partial charge in [0.25, 0.3) is 11.4 Å². The van der Waals surface area contributed by atoms with Crippen LogP contribution in [-0.2, 0) is 78.9 Å². The maximum Gasteiger partial charge on any atom is 0.296 e. The van der Waals surface area contributed by atoms with Gasteiger partial charge >= 0.3 is 0 Å². The number of carbonyl (C=O) groups is 9. The normalized spacial score (nSPS) is 14.8. The van der Waals surface area contributed by atoms with E-state index in [4.69, 9.17) is 17.2 Å². The molecule has 670 valence electrons. The van der Waals surface area contributed by atoms with Crippen molar-refractivity contribution in [3.8, 4) is 0 Å². The van der Waals surface area contributed by atoms with E-state index < -0.39 is 4.92 Å². The van der Waals surface area contributed by atoms with Gasteiger partial charge in [-0.2, -0.15) is 30.4 Å². The molecular weight excluding hydrogens is 1650 g/mol. The third-order valence-electron chi connectivity index (χ3n) is 25.8. The highest BCUT2D eigenvalue weighted by atomic mass is 16.6. The summed E-state index contributed by atoms with van der Waals surface area (Å²) in [6, 6.07) is 19.2. The molecule has 0 spiro atoms. The molecule has 10 aliphatic rings. The van der Waals surface area contributed by atoms with Gasteiger partial charge in [0.15, 0.2) is 52.0 Å². The van der Waals surface area contributed by atoms with E-state index in [0.717, 1.165) is 212 Å². The molecule has 0 bridgehead atoms. The number of aryl methyl sites for hydroxylation is 18. The van der Waals surface area contributed by atoms with Crippen LogP contribution in [0.25, 0.3) is 44.1 Å². The SMILES string of the molecule is CC.Cc1cc2c(c(N)c1N)CCC2=O.Cc1cc2c(c([N+](=O)[O-])c1C)CCC2=O.Cc1cc2c(c([N+](=O)[O-])c1N)CCC2=O.Cc1cc2c(c3c1NNN3)CCC2=O.Cc1cc2c(c3c1nnn3C)CCC2=O.Cc1cc2c(c3n[nH]nc13)CCC2=O.Cc1cc2c(c3nn(C)nc13)CCC2=O.Cc1cc2c(c3nnn(C)c13)CCC2=O.Cc1cc2c(cc1C)C(=O)CC2. The molecule has 13 aromatic rings. The van der Waals surface area contributed by atoms with Crippen LogP contribution in [0.4, 0.5) is 39.8 Å². The Kier molecular flexibility index (Phi) is 26.1. The van der Waals surface area contributed by atoms with Crippen LogP contribution in [0.3, 0.4) is 0 Å². The Bertz CT molecular complexity index is 6930. The van der Waals surface area contributed by atoms with Crippen LogP contribution < -0.4 is 33.6 Å². The quantitative estimate of drug-likeness (QED) is 0.0480. The first-order valence-corrected chi connectivity index (χ1v) is 43.5. The number of benzene rings is 9. The number of nitrogens with one attached hydrogen (secondary N) is 4. The third-order valence-corrected chi connectivity index (χ3v) is 25.8. The molecule has 0 fully saturated rings. The Balaban J connectivity index is 0.000000118. The van der Waals surface area contributed by atoms with E-state index in [9.17, 15) is 63.4 Å². The number of nitro groups is 2. The van der Waals surface area contributed by atoms with Gasteiger partial charge in [0.05, 0.1) is 43.6 Å². The van der Waals surface area contributed by atoms with E-state index in [1.807, 2.05) is 119 Å². The van der Waals surface area contributed by atoms with Crippen molar-refractivity contribution in [3.63, 3.8) is 0 Å². The van der Waals surface area contributed by atoms with E-state index >= 15 is 0 Å². The van der Waals surface area contributed by atoms with E-state index in [-0.39, 0.29) is 68.3 Å². The number of hydrogen-bond acceptors (Lipinski definition) is 27. The number of carbonyl (C=O) groups excluding carboxylic acids is 9. The highest BCUT2D eigenvalue weighted by Crippen LogP contribution is 2.43. The topological polar surface area (TPSA) is 488 Å². The fourth-order valence-electron chi connectivity index (χ4n) is 18.8. The molecule has 23 rings (SSSR count). The number of H-pyrrole nitrogens is 1. The van der Waals surface area contributed by atoms with Crippen molar-refractivity contribution in [2.75, 3.05) is 28.1 Å². The number of fused-ring (bicyclic) bond motifs is 19. The van der Waals surface area contributed by atoms with Crippen molar-refractivity contribution in [1.82, 2.24) is 65.9 Å². The first kappa shape index (κ1) is 91.6. The van der Waals surface area contributed by atoms with Gasteiger partial charge in [-0.15, -0.1) is 15.7 Å². The highest BCUT2D eigenvalue weighted by Gasteiger charge is 2.36. The first-order valence-electron chi connectivity index (χ1n) is 43.5. The maximum atomic E-state index is 11.6. The molecule has 33 nitrogen and oxygen atoms in total. The molecule has 0 saturated carbocycles. The van der Waals surface area contributed by atoms with Gasteiger partial charge in [0.1, 0.15) is 38.8 Å². The standard InChI is InChI=1S/3C11H11N3O.C11H11NO3.C11H12O.C10H11N3O.C10H9N3O.C10H10N2O3.C10H12N2O.C2H6/c1-6-5-8-7(3-4-9(8)15)10-11(6)14(2)13-12-10;1-6-5-8-7(3-4-9(8)15)11-10(6)12-13-14(11)2;1-6-5-8-7(3-4-9(8)15)11-10(6)12-14(2)13-11;1-6-5-9-8(3-4-10(9)13)11(7(6)2)12(14)15;1-7-5-9-3-4-11(12)10(9)6-8(7)2;2*1-5-4-7-6(2-3-8(7)14)10-9(5)11-13-12-10;1-5-4-7-6(2-3-8(7)13)10(9(5)11)12(14)15;1-5-4-7-6(2-3-8(7)13)10(12)9(5)11;1-2/h4*5H,3-4H2,1-2H3;5-6H,3-4H2,1-2H3;4,11-13H,2-3H2,1H3;4H,2-3H2,1H3,(H,11,12,13);4H,2-3,11H2,1H3;4H,2-3,11-12H2,1H3;1-2H3. The molecule has 0 atom stereocenters. The summed E-state index contributed by atoms with van der Waals surface area (Å²) in [6.45, 7) is 25.1. The minimum absolute atomic E-state index is 0.0243. The van der Waals surface area contributed by atoms with E-state index in [1.165, 1.54) is 16.7 Å². The Morgan fingerprint density at radius 1 is 0.315 bits per heavy atom. The zero-order valence-corrected chi connectivity index (χ0v) is 75.9. The Morgan fingerprint density at radius 2 is 0.669 bits per heavy atom. The number of hydrazine groups is 2. The summed E-state index contributed by atoms with van der Waals surface area (Å²) < 4.78 is 3.54. The van der Waals surface area contributed by atoms with Crippen molar-refractivity contribution < 1.29 is 53.0 Å². The molecule has 130 heavy (non-hydrogen) atoms. The second-order valence-electron chi connectivity index (χ2n) is 34.1. The lowest BCUT2D eigenvalue weighted by Crippen LogP contribution is -2.19. The Hall–Kier alpha value is -14.6. The number of ketones is 9. The molecule has 1 aliphatic heterocycles. The predicted octanol–water partition coefficient (Wildman–Crippen LogP) is 15.7. The number of hydrogen-bond donors (Lipinski definition) is 7. The number of Topliss-reactive ketones (excluding diaryl/α,β-unsaturated/α-hetero) is 9. The maximum absolute atomic E-state index is 11.6. The lowest BCUT2D eigenvalue weighted by Gasteiger charge is -2.09. The summed E-state index contributed by atoms with van der Waals surface area (Å²) in [5, 5.41) is 57.5. The van der Waals surface area contributed by atoms with Gasteiger partial charge in [-0.3, -0.25) is 63.4 Å². The minimum atomic E-state index is -0.500. The predicted molar refractivity (Wildman–Crippen MR) is 496 cm³/mol. The van der Waals surface area contributed by atoms with Crippen LogP contribution in [0.15, 0.2) is 60.7 Å². The van der Waals surface area contributed by atoms with Crippen LogP contribution in [0, 0.1) is 96.4 Å². The largest absolute Gasteiger partial charge is 0.397 e.